The lowest BCUT2D eigenvalue weighted by Crippen LogP contribution is -2.26. The van der Waals surface area contributed by atoms with Gasteiger partial charge in [-0.2, -0.15) is 0 Å². The summed E-state index contributed by atoms with van der Waals surface area (Å²) in [4.78, 5) is 0. The fourth-order valence-electron chi connectivity index (χ4n) is 4.94. The quantitative estimate of drug-likeness (QED) is 0.222. The maximum atomic E-state index is 5.63. The molecule has 1 aliphatic heterocycles. The van der Waals surface area contributed by atoms with Crippen molar-refractivity contribution in [3.8, 4) is 0 Å². The Kier molecular flexibility index (Phi) is 6.62. The zero-order chi connectivity index (χ0) is 25.0. The lowest BCUT2D eigenvalue weighted by molar-refractivity contribution is 1.30. The summed E-state index contributed by atoms with van der Waals surface area (Å²) in [6.45, 7) is 0. The van der Waals surface area contributed by atoms with Crippen LogP contribution in [-0.2, 0) is 6.42 Å². The molecule has 0 amide bonds. The van der Waals surface area contributed by atoms with Crippen LogP contribution in [0, 0.1) is 0 Å². The van der Waals surface area contributed by atoms with Crippen LogP contribution in [0.5, 0.6) is 0 Å². The van der Waals surface area contributed by atoms with Gasteiger partial charge in [-0.15, -0.1) is 0 Å². The van der Waals surface area contributed by atoms with Crippen LogP contribution >= 0.6 is 14.1 Å². The first-order valence-corrected chi connectivity index (χ1v) is 16.1. The number of amidine groups is 1. The minimum Gasteiger partial charge on any atom is -0.239 e. The topological polar surface area (TPSA) is 24.7 Å². The van der Waals surface area contributed by atoms with Crippen molar-refractivity contribution in [3.05, 3.63) is 157 Å². The zero-order valence-corrected chi connectivity index (χ0v) is 22.3. The first-order valence-electron chi connectivity index (χ1n) is 12.5. The second-order valence-corrected chi connectivity index (χ2v) is 15.2. The minimum absolute atomic E-state index is 0.706. The molecule has 4 heteroatoms. The predicted octanol–water partition coefficient (Wildman–Crippen LogP) is 6.84. The Bertz CT molecular complexity index is 1460. The van der Waals surface area contributed by atoms with Crippen molar-refractivity contribution in [2.75, 3.05) is 0 Å². The van der Waals surface area contributed by atoms with Gasteiger partial charge in [-0.05, 0) is 11.1 Å². The molecular weight excluding hydrogens is 486 g/mol. The van der Waals surface area contributed by atoms with Crippen LogP contribution in [0.4, 0.5) is 0 Å². The second-order valence-electron chi connectivity index (χ2n) is 9.11. The highest BCUT2D eigenvalue weighted by Gasteiger charge is 2.34. The van der Waals surface area contributed by atoms with Crippen molar-refractivity contribution < 1.29 is 0 Å². The molecule has 5 aromatic rings. The fraction of sp³-hybridized carbons (Fsp3) is 0.0303. The average molecular weight is 515 g/mol. The van der Waals surface area contributed by atoms with E-state index in [1.807, 2.05) is 0 Å². The Morgan fingerprint density at radius 1 is 0.432 bits per heavy atom. The highest BCUT2D eigenvalue weighted by Crippen LogP contribution is 2.60. The third kappa shape index (κ3) is 4.60. The van der Waals surface area contributed by atoms with Crippen LogP contribution in [-0.4, -0.2) is 11.4 Å². The maximum absolute atomic E-state index is 5.63. The molecule has 37 heavy (non-hydrogen) atoms. The third-order valence-corrected chi connectivity index (χ3v) is 14.8. The van der Waals surface area contributed by atoms with E-state index in [-0.39, 0.29) is 0 Å². The number of hydrogen-bond donors (Lipinski definition) is 0. The molecule has 6 rings (SSSR count). The molecule has 0 atom stereocenters. The molecule has 5 aromatic carbocycles. The Balaban J connectivity index is 1.76. The summed E-state index contributed by atoms with van der Waals surface area (Å²) in [5.74, 6) is 0.927. The van der Waals surface area contributed by atoms with Gasteiger partial charge >= 0.3 is 0 Å². The average Bonchev–Trinajstić information content (AvgIpc) is 2.99. The van der Waals surface area contributed by atoms with Crippen molar-refractivity contribution in [2.24, 2.45) is 9.51 Å². The van der Waals surface area contributed by atoms with Crippen LogP contribution in [0.1, 0.15) is 5.56 Å². The Morgan fingerprint density at radius 3 is 1.24 bits per heavy atom. The zero-order valence-electron chi connectivity index (χ0n) is 20.5. The van der Waals surface area contributed by atoms with E-state index in [2.05, 4.69) is 157 Å². The van der Waals surface area contributed by atoms with E-state index in [0.717, 1.165) is 5.84 Å². The molecule has 0 unspecified atom stereocenters. The monoisotopic (exact) mass is 514 g/mol. The molecule has 0 saturated heterocycles. The van der Waals surface area contributed by atoms with Crippen molar-refractivity contribution in [3.63, 3.8) is 0 Å². The molecular formula is C33H28N2P2. The molecule has 0 aliphatic carbocycles. The molecule has 1 heterocycles. The van der Waals surface area contributed by atoms with E-state index in [4.69, 9.17) is 9.51 Å². The highest BCUT2D eigenvalue weighted by molar-refractivity contribution is 8.08. The third-order valence-electron chi connectivity index (χ3n) is 6.68. The number of hydrogen-bond acceptors (Lipinski definition) is 2. The van der Waals surface area contributed by atoms with Gasteiger partial charge in [-0.1, -0.05) is 152 Å². The van der Waals surface area contributed by atoms with E-state index in [9.17, 15) is 0 Å². The number of nitrogens with zero attached hydrogens (tertiary/aromatic N) is 2. The SMILES string of the molecule is C1=P(c2ccccc2)(c2ccccc2)N=C(Cc2ccccc2)N=P1(c1ccccc1)c1ccccc1. The van der Waals surface area contributed by atoms with Gasteiger partial charge in [0.15, 0.2) is 0 Å². The summed E-state index contributed by atoms with van der Waals surface area (Å²) in [5, 5.41) is 5.05. The van der Waals surface area contributed by atoms with E-state index in [1.54, 1.807) is 0 Å². The van der Waals surface area contributed by atoms with Gasteiger partial charge < -0.3 is 0 Å². The summed E-state index contributed by atoms with van der Waals surface area (Å²) in [6, 6.07) is 54.0. The van der Waals surface area contributed by atoms with Crippen LogP contribution < -0.4 is 21.2 Å². The van der Waals surface area contributed by atoms with Crippen molar-refractivity contribution >= 4 is 46.7 Å². The van der Waals surface area contributed by atoms with Crippen molar-refractivity contribution in [1.29, 1.82) is 0 Å². The van der Waals surface area contributed by atoms with Gasteiger partial charge in [-0.25, -0.2) is 9.51 Å². The van der Waals surface area contributed by atoms with E-state index in [1.165, 1.54) is 26.8 Å². The van der Waals surface area contributed by atoms with Crippen LogP contribution in [0.3, 0.4) is 0 Å². The normalized spacial score (nSPS) is 15.6. The van der Waals surface area contributed by atoms with E-state index >= 15 is 0 Å². The standard InChI is InChI=1S/C33H28N2P2/c1-6-16-28(17-7-1)26-33-34-36(29-18-8-2-9-19-29,30-20-10-3-11-21-30)27-37(35-33,31-22-12-4-13-23-31)32-24-14-5-15-25-32/h1-25,27H,26H2. The molecule has 0 fully saturated rings. The largest absolute Gasteiger partial charge is 0.239 e. The molecule has 0 saturated carbocycles. The van der Waals surface area contributed by atoms with Crippen LogP contribution in [0.2, 0.25) is 0 Å². The molecule has 0 aromatic heterocycles. The van der Waals surface area contributed by atoms with Gasteiger partial charge in [0.25, 0.3) is 0 Å². The van der Waals surface area contributed by atoms with E-state index < -0.39 is 14.1 Å². The molecule has 0 N–H and O–H groups in total. The molecule has 2 nitrogen and oxygen atoms in total. The van der Waals surface area contributed by atoms with Crippen LogP contribution in [0.25, 0.3) is 0 Å². The molecule has 0 radical (unpaired) electrons. The minimum atomic E-state index is -2.32. The smallest absolute Gasteiger partial charge is 0.131 e. The van der Waals surface area contributed by atoms with E-state index in [0.29, 0.717) is 6.42 Å². The summed E-state index contributed by atoms with van der Waals surface area (Å²) in [5.41, 5.74) is 3.80. The van der Waals surface area contributed by atoms with Gasteiger partial charge in [-0.3, -0.25) is 0 Å². The van der Waals surface area contributed by atoms with Crippen LogP contribution in [0.15, 0.2) is 161 Å². The van der Waals surface area contributed by atoms with Gasteiger partial charge in [0, 0.05) is 27.6 Å². The lowest BCUT2D eigenvalue weighted by Gasteiger charge is -2.34. The highest BCUT2D eigenvalue weighted by atomic mass is 31.2. The molecule has 0 bridgehead atoms. The Hall–Kier alpha value is -3.70. The summed E-state index contributed by atoms with van der Waals surface area (Å²) in [6.07, 6.45) is 0.706. The van der Waals surface area contributed by atoms with Gasteiger partial charge in [0.1, 0.15) is 5.84 Å². The van der Waals surface area contributed by atoms with Gasteiger partial charge in [0.05, 0.1) is 14.1 Å². The molecule has 1 aliphatic rings. The van der Waals surface area contributed by atoms with Crippen molar-refractivity contribution in [2.45, 2.75) is 6.42 Å². The van der Waals surface area contributed by atoms with Crippen molar-refractivity contribution in [1.82, 2.24) is 0 Å². The predicted molar refractivity (Wildman–Crippen MR) is 164 cm³/mol. The summed E-state index contributed by atoms with van der Waals surface area (Å²) in [7, 11) is -4.64. The lowest BCUT2D eigenvalue weighted by atomic mass is 10.1. The second kappa shape index (κ2) is 10.3. The Morgan fingerprint density at radius 2 is 0.811 bits per heavy atom. The first kappa shape index (κ1) is 23.7. The molecule has 180 valence electrons. The first-order chi connectivity index (χ1) is 18.3. The summed E-state index contributed by atoms with van der Waals surface area (Å²) >= 11 is 0. The molecule has 0 spiro atoms. The number of benzene rings is 5. The van der Waals surface area contributed by atoms with Gasteiger partial charge in [0.2, 0.25) is 0 Å². The fourth-order valence-corrected chi connectivity index (χ4v) is 14.0. The maximum Gasteiger partial charge on any atom is 0.131 e. The summed E-state index contributed by atoms with van der Waals surface area (Å²) < 4.78 is 11.3. The Labute approximate surface area is 219 Å². The number of rotatable bonds is 6.